The Balaban J connectivity index is 0.960. The van der Waals surface area contributed by atoms with Crippen LogP contribution in [0.5, 0.6) is 0 Å². The van der Waals surface area contributed by atoms with Crippen LogP contribution in [0.2, 0.25) is 0 Å². The Morgan fingerprint density at radius 2 is 1.05 bits per heavy atom. The van der Waals surface area contributed by atoms with Gasteiger partial charge in [0.25, 0.3) is 0 Å². The molecule has 0 fully saturated rings. The van der Waals surface area contributed by atoms with Crippen molar-refractivity contribution >= 4 is 60.8 Å². The number of hydrogen-bond donors (Lipinski definition) is 0. The normalized spacial score (nSPS) is 12.8. The van der Waals surface area contributed by atoms with E-state index in [1.807, 2.05) is 12.1 Å². The van der Waals surface area contributed by atoms with E-state index in [0.29, 0.717) is 0 Å². The highest BCUT2D eigenvalue weighted by Crippen LogP contribution is 2.53. The first-order chi connectivity index (χ1) is 27.5. The minimum Gasteiger partial charge on any atom is -0.456 e. The van der Waals surface area contributed by atoms with Crippen LogP contribution in [0.3, 0.4) is 0 Å². The average Bonchev–Trinajstić information content (AvgIpc) is 3.85. The molecule has 1 aliphatic rings. The molecule has 11 rings (SSSR count). The lowest BCUT2D eigenvalue weighted by atomic mass is 9.81. The Bertz CT molecular complexity index is 3170. The van der Waals surface area contributed by atoms with Crippen LogP contribution in [-0.2, 0) is 5.41 Å². The summed E-state index contributed by atoms with van der Waals surface area (Å²) in [6.07, 6.45) is 0. The largest absolute Gasteiger partial charge is 0.456 e. The standard InChI is InChI=1S/C53H36N2O/c1-53(2)47-32-35(24-27-41(47)45-30-31-46-42-20-12-13-21-48(42)55(52(46)51(45)53)39-18-10-5-11-19-39)22-23-36-25-28-43-44-29-26-40(34-50(44)56-49(43)33-36)54(37-14-6-3-7-15-37)38-16-8-4-9-17-38/h3-21,24-34H,1-2H3. The first kappa shape index (κ1) is 32.2. The summed E-state index contributed by atoms with van der Waals surface area (Å²) in [5.41, 5.74) is 15.5. The van der Waals surface area contributed by atoms with E-state index in [4.69, 9.17) is 4.42 Å². The molecule has 0 N–H and O–H groups in total. The molecule has 264 valence electrons. The molecular formula is C53H36N2O. The second-order valence-corrected chi connectivity index (χ2v) is 15.2. The molecule has 1 aliphatic carbocycles. The van der Waals surface area contributed by atoms with Crippen LogP contribution >= 0.6 is 0 Å². The first-order valence-electron chi connectivity index (χ1n) is 19.2. The summed E-state index contributed by atoms with van der Waals surface area (Å²) in [6, 6.07) is 64.6. The van der Waals surface area contributed by atoms with E-state index in [-0.39, 0.29) is 5.41 Å². The van der Waals surface area contributed by atoms with Gasteiger partial charge in [0.05, 0.1) is 11.0 Å². The van der Waals surface area contributed by atoms with Crippen molar-refractivity contribution in [1.29, 1.82) is 0 Å². The third-order valence-electron chi connectivity index (χ3n) is 11.6. The van der Waals surface area contributed by atoms with Gasteiger partial charge >= 0.3 is 0 Å². The number of furan rings is 1. The van der Waals surface area contributed by atoms with Crippen molar-refractivity contribution in [3.8, 4) is 28.7 Å². The molecule has 3 heteroatoms. The predicted molar refractivity (Wildman–Crippen MR) is 233 cm³/mol. The zero-order valence-electron chi connectivity index (χ0n) is 31.1. The maximum Gasteiger partial charge on any atom is 0.137 e. The van der Waals surface area contributed by atoms with E-state index in [1.54, 1.807) is 0 Å². The topological polar surface area (TPSA) is 21.3 Å². The summed E-state index contributed by atoms with van der Waals surface area (Å²) in [7, 11) is 0. The molecule has 0 unspecified atom stereocenters. The molecule has 2 aromatic heterocycles. The van der Waals surface area contributed by atoms with Crippen LogP contribution < -0.4 is 4.90 Å². The Hall–Kier alpha value is -7.28. The molecule has 0 aliphatic heterocycles. The van der Waals surface area contributed by atoms with E-state index in [9.17, 15) is 0 Å². The zero-order chi connectivity index (χ0) is 37.4. The molecular weight excluding hydrogens is 681 g/mol. The fourth-order valence-electron chi connectivity index (χ4n) is 9.00. The van der Waals surface area contributed by atoms with Gasteiger partial charge in [0, 0.05) is 66.9 Å². The lowest BCUT2D eigenvalue weighted by molar-refractivity contribution is 0.663. The second-order valence-electron chi connectivity index (χ2n) is 15.2. The number of nitrogens with zero attached hydrogens (tertiary/aromatic N) is 2. The van der Waals surface area contributed by atoms with Crippen LogP contribution in [0.4, 0.5) is 17.1 Å². The molecule has 8 aromatic carbocycles. The van der Waals surface area contributed by atoms with E-state index in [2.05, 4.69) is 205 Å². The fraction of sp³-hybridized carbons (Fsp3) is 0.0566. The highest BCUT2D eigenvalue weighted by Gasteiger charge is 2.38. The zero-order valence-corrected chi connectivity index (χ0v) is 31.1. The summed E-state index contributed by atoms with van der Waals surface area (Å²) >= 11 is 0. The minimum absolute atomic E-state index is 0.231. The van der Waals surface area contributed by atoms with Crippen LogP contribution in [0.1, 0.15) is 36.1 Å². The Morgan fingerprint density at radius 1 is 0.482 bits per heavy atom. The number of hydrogen-bond acceptors (Lipinski definition) is 2. The van der Waals surface area contributed by atoms with Gasteiger partial charge in [0.1, 0.15) is 11.2 Å². The number of para-hydroxylation sites is 4. The Morgan fingerprint density at radius 3 is 1.79 bits per heavy atom. The van der Waals surface area contributed by atoms with Crippen molar-refractivity contribution in [2.75, 3.05) is 4.90 Å². The van der Waals surface area contributed by atoms with Crippen LogP contribution in [0.15, 0.2) is 186 Å². The molecule has 0 spiro atoms. The lowest BCUT2D eigenvalue weighted by Gasteiger charge is -2.25. The third-order valence-corrected chi connectivity index (χ3v) is 11.6. The summed E-state index contributed by atoms with van der Waals surface area (Å²) in [4.78, 5) is 2.26. The van der Waals surface area contributed by atoms with Gasteiger partial charge in [-0.05, 0) is 107 Å². The van der Waals surface area contributed by atoms with Crippen LogP contribution in [-0.4, -0.2) is 4.57 Å². The van der Waals surface area contributed by atoms with Gasteiger partial charge in [0.15, 0.2) is 0 Å². The maximum absolute atomic E-state index is 6.53. The van der Waals surface area contributed by atoms with Crippen molar-refractivity contribution < 1.29 is 4.42 Å². The van der Waals surface area contributed by atoms with Crippen molar-refractivity contribution in [2.24, 2.45) is 0 Å². The van der Waals surface area contributed by atoms with E-state index >= 15 is 0 Å². The average molecular weight is 717 g/mol. The lowest BCUT2D eigenvalue weighted by Crippen LogP contribution is -2.16. The van der Waals surface area contributed by atoms with Gasteiger partial charge in [-0.15, -0.1) is 0 Å². The van der Waals surface area contributed by atoms with Crippen molar-refractivity contribution in [1.82, 2.24) is 4.57 Å². The molecule has 0 saturated carbocycles. The summed E-state index contributed by atoms with van der Waals surface area (Å²) in [5.74, 6) is 6.97. The Kier molecular flexibility index (Phi) is 7.11. The molecule has 0 bridgehead atoms. The molecule has 2 heterocycles. The molecule has 0 radical (unpaired) electrons. The maximum atomic E-state index is 6.53. The van der Waals surface area contributed by atoms with Crippen LogP contribution in [0, 0.1) is 11.8 Å². The van der Waals surface area contributed by atoms with Crippen molar-refractivity contribution in [3.05, 3.63) is 204 Å². The van der Waals surface area contributed by atoms with Gasteiger partial charge < -0.3 is 13.9 Å². The highest BCUT2D eigenvalue weighted by molar-refractivity contribution is 6.13. The van der Waals surface area contributed by atoms with Crippen LogP contribution in [0.25, 0.3) is 60.6 Å². The number of fused-ring (bicyclic) bond motifs is 10. The number of anilines is 3. The minimum atomic E-state index is -0.231. The first-order valence-corrected chi connectivity index (χ1v) is 19.2. The van der Waals surface area contributed by atoms with Crippen molar-refractivity contribution in [2.45, 2.75) is 19.3 Å². The number of rotatable bonds is 4. The van der Waals surface area contributed by atoms with E-state index in [0.717, 1.165) is 50.1 Å². The number of benzene rings is 8. The van der Waals surface area contributed by atoms with Gasteiger partial charge in [0.2, 0.25) is 0 Å². The fourth-order valence-corrected chi connectivity index (χ4v) is 9.00. The van der Waals surface area contributed by atoms with E-state index < -0.39 is 0 Å². The van der Waals surface area contributed by atoms with E-state index in [1.165, 1.54) is 49.7 Å². The summed E-state index contributed by atoms with van der Waals surface area (Å²) in [6.45, 7) is 4.72. The molecule has 0 amide bonds. The molecule has 0 atom stereocenters. The highest BCUT2D eigenvalue weighted by atomic mass is 16.3. The van der Waals surface area contributed by atoms with Gasteiger partial charge in [-0.3, -0.25) is 0 Å². The van der Waals surface area contributed by atoms with Crippen molar-refractivity contribution in [3.63, 3.8) is 0 Å². The monoisotopic (exact) mass is 716 g/mol. The molecule has 56 heavy (non-hydrogen) atoms. The Labute approximate surface area is 325 Å². The quantitative estimate of drug-likeness (QED) is 0.169. The molecule has 0 saturated heterocycles. The molecule has 3 nitrogen and oxygen atoms in total. The van der Waals surface area contributed by atoms with Gasteiger partial charge in [-0.2, -0.15) is 0 Å². The van der Waals surface area contributed by atoms with Gasteiger partial charge in [-0.1, -0.05) is 117 Å². The van der Waals surface area contributed by atoms with Gasteiger partial charge in [-0.25, -0.2) is 0 Å². The third kappa shape index (κ3) is 4.93. The SMILES string of the molecule is CC1(C)c2cc(C#Cc3ccc4c(c3)oc3cc(N(c5ccccc5)c5ccccc5)ccc34)ccc2-c2ccc3c4ccccc4n(-c4ccccc4)c3c21. The molecule has 10 aromatic rings. The smallest absolute Gasteiger partial charge is 0.137 e. The second kappa shape index (κ2) is 12.4. The number of aromatic nitrogens is 1. The summed E-state index contributed by atoms with van der Waals surface area (Å²) < 4.78 is 8.99. The summed E-state index contributed by atoms with van der Waals surface area (Å²) in [5, 5.41) is 4.73. The predicted octanol–water partition coefficient (Wildman–Crippen LogP) is 13.9.